The monoisotopic (exact) mass is 307 g/mol. The van der Waals surface area contributed by atoms with Gasteiger partial charge in [-0.25, -0.2) is 4.68 Å². The molecule has 0 N–H and O–H groups in total. The van der Waals surface area contributed by atoms with E-state index in [-0.39, 0.29) is 0 Å². The third-order valence-electron chi connectivity index (χ3n) is 1.39. The van der Waals surface area contributed by atoms with Gasteiger partial charge in [0.1, 0.15) is 0 Å². The maximum absolute atomic E-state index is 4.93. The number of aryl methyl sites for hydroxylation is 1. The molecule has 0 atom stereocenters. The van der Waals surface area contributed by atoms with Crippen molar-refractivity contribution < 1.29 is 4.52 Å². The molecule has 0 unspecified atom stereocenters. The van der Waals surface area contributed by atoms with Gasteiger partial charge >= 0.3 is 0 Å². The van der Waals surface area contributed by atoms with Crippen LogP contribution >= 0.6 is 31.9 Å². The molecule has 6 nitrogen and oxygen atoms in total. The van der Waals surface area contributed by atoms with Gasteiger partial charge < -0.3 is 4.52 Å². The lowest BCUT2D eigenvalue weighted by Crippen LogP contribution is -1.93. The maximum atomic E-state index is 4.93. The summed E-state index contributed by atoms with van der Waals surface area (Å²) in [5.74, 6) is 0.367. The molecule has 0 aromatic carbocycles. The smallest absolute Gasteiger partial charge is 0.279 e. The summed E-state index contributed by atoms with van der Waals surface area (Å²) in [6.07, 6.45) is 0. The normalized spacial score (nSPS) is 10.7. The molecule has 0 aliphatic heterocycles. The van der Waals surface area contributed by atoms with Crippen LogP contribution in [0.4, 0.5) is 0 Å². The first-order valence-corrected chi connectivity index (χ1v) is 4.82. The van der Waals surface area contributed by atoms with Crippen LogP contribution in [0.15, 0.2) is 13.9 Å². The van der Waals surface area contributed by atoms with Crippen molar-refractivity contribution in [1.82, 2.24) is 25.1 Å². The summed E-state index contributed by atoms with van der Waals surface area (Å²) in [5.41, 5.74) is 0.651. The minimum Gasteiger partial charge on any atom is -0.331 e. The molecule has 0 amide bonds. The third kappa shape index (κ3) is 1.51. The van der Waals surface area contributed by atoms with Crippen molar-refractivity contribution in [2.45, 2.75) is 0 Å². The first-order chi connectivity index (χ1) is 6.18. The fourth-order valence-electron chi connectivity index (χ4n) is 0.860. The quantitative estimate of drug-likeness (QED) is 0.796. The van der Waals surface area contributed by atoms with E-state index >= 15 is 0 Å². The average molecular weight is 309 g/mol. The number of hydrogen-bond acceptors (Lipinski definition) is 5. The van der Waals surface area contributed by atoms with Crippen LogP contribution in [0.5, 0.6) is 0 Å². The van der Waals surface area contributed by atoms with E-state index < -0.39 is 0 Å². The van der Waals surface area contributed by atoms with E-state index in [4.69, 9.17) is 4.52 Å². The van der Waals surface area contributed by atoms with Crippen molar-refractivity contribution in [1.29, 1.82) is 0 Å². The lowest BCUT2D eigenvalue weighted by molar-refractivity contribution is 0.422. The summed E-state index contributed by atoms with van der Waals surface area (Å²) < 4.78 is 7.45. The predicted octanol–water partition coefficient (Wildman–Crippen LogP) is 1.39. The highest BCUT2D eigenvalue weighted by molar-refractivity contribution is 9.10. The second-order valence-corrected chi connectivity index (χ2v) is 3.68. The molecule has 8 heteroatoms. The molecule has 0 aliphatic rings. The molecule has 0 fully saturated rings. The Morgan fingerprint density at radius 2 is 2.15 bits per heavy atom. The van der Waals surface area contributed by atoms with Crippen LogP contribution in [-0.2, 0) is 7.05 Å². The van der Waals surface area contributed by atoms with Crippen molar-refractivity contribution in [3.8, 4) is 11.6 Å². The first-order valence-electron chi connectivity index (χ1n) is 3.23. The molecule has 68 valence electrons. The van der Waals surface area contributed by atoms with Gasteiger partial charge in [0, 0.05) is 7.05 Å². The van der Waals surface area contributed by atoms with Crippen LogP contribution < -0.4 is 0 Å². The highest BCUT2D eigenvalue weighted by Crippen LogP contribution is 2.24. The molecule has 0 spiro atoms. The molecule has 2 rings (SSSR count). The summed E-state index contributed by atoms with van der Waals surface area (Å²) in [5, 5.41) is 11.2. The van der Waals surface area contributed by atoms with Crippen LogP contribution in [0.3, 0.4) is 0 Å². The number of nitrogens with zero attached hydrogens (tertiary/aromatic N) is 5. The van der Waals surface area contributed by atoms with E-state index in [9.17, 15) is 0 Å². The molecular weight excluding hydrogens is 306 g/mol. The Kier molecular flexibility index (Phi) is 2.16. The Labute approximate surface area is 89.6 Å². The zero-order chi connectivity index (χ0) is 9.42. The molecule has 2 aromatic rings. The molecule has 0 saturated carbocycles. The highest BCUT2D eigenvalue weighted by atomic mass is 79.9. The molecule has 0 saturated heterocycles. The molecular formula is C5H3Br2N5O. The standard InChI is InChI=1S/C5H3Br2N5O/c1-12-2(3(6)9-11-12)4-8-5(7)10-13-4/h1H3. The number of hydrogen-bond donors (Lipinski definition) is 0. The SMILES string of the molecule is Cn1nnc(Br)c1-c1nc(Br)no1. The second kappa shape index (κ2) is 3.18. The van der Waals surface area contributed by atoms with Crippen molar-refractivity contribution >= 4 is 31.9 Å². The zero-order valence-electron chi connectivity index (χ0n) is 6.40. The number of halogens is 2. The Morgan fingerprint density at radius 3 is 2.62 bits per heavy atom. The molecule has 0 radical (unpaired) electrons. The van der Waals surface area contributed by atoms with Crippen LogP contribution in [0.25, 0.3) is 11.6 Å². The fraction of sp³-hybridized carbons (Fsp3) is 0.200. The van der Waals surface area contributed by atoms with Crippen LogP contribution in [0.1, 0.15) is 0 Å². The van der Waals surface area contributed by atoms with E-state index in [0.717, 1.165) is 0 Å². The molecule has 2 aromatic heterocycles. The topological polar surface area (TPSA) is 69.6 Å². The third-order valence-corrected chi connectivity index (χ3v) is 2.25. The van der Waals surface area contributed by atoms with E-state index in [1.165, 1.54) is 0 Å². The Morgan fingerprint density at radius 1 is 1.38 bits per heavy atom. The van der Waals surface area contributed by atoms with Gasteiger partial charge in [-0.2, -0.15) is 4.98 Å². The van der Waals surface area contributed by atoms with Crippen LogP contribution in [0, 0.1) is 0 Å². The van der Waals surface area contributed by atoms with Gasteiger partial charge in [0.25, 0.3) is 5.89 Å². The summed E-state index contributed by atoms with van der Waals surface area (Å²) in [7, 11) is 1.74. The summed E-state index contributed by atoms with van der Waals surface area (Å²) in [4.78, 5) is 3.98. The van der Waals surface area contributed by atoms with Gasteiger partial charge in [-0.3, -0.25) is 0 Å². The predicted molar refractivity (Wildman–Crippen MR) is 49.7 cm³/mol. The molecule has 0 aliphatic carbocycles. The molecule has 0 bridgehead atoms. The van der Waals surface area contributed by atoms with Gasteiger partial charge in [-0.1, -0.05) is 5.21 Å². The minimum absolute atomic E-state index is 0.367. The minimum atomic E-state index is 0.367. The summed E-state index contributed by atoms with van der Waals surface area (Å²) in [6, 6.07) is 0. The zero-order valence-corrected chi connectivity index (χ0v) is 9.57. The fourth-order valence-corrected chi connectivity index (χ4v) is 1.59. The maximum Gasteiger partial charge on any atom is 0.279 e. The van der Waals surface area contributed by atoms with Gasteiger partial charge in [0.15, 0.2) is 10.3 Å². The van der Waals surface area contributed by atoms with Gasteiger partial charge in [-0.15, -0.1) is 5.10 Å². The van der Waals surface area contributed by atoms with Crippen molar-refractivity contribution in [3.05, 3.63) is 9.34 Å². The van der Waals surface area contributed by atoms with Crippen molar-refractivity contribution in [2.75, 3.05) is 0 Å². The largest absolute Gasteiger partial charge is 0.331 e. The first kappa shape index (κ1) is 8.82. The lowest BCUT2D eigenvalue weighted by atomic mass is 10.5. The van der Waals surface area contributed by atoms with Crippen LogP contribution in [-0.4, -0.2) is 25.1 Å². The van der Waals surface area contributed by atoms with Gasteiger partial charge in [0.05, 0.1) is 0 Å². The van der Waals surface area contributed by atoms with E-state index in [0.29, 0.717) is 20.9 Å². The Balaban J connectivity index is 2.57. The molecule has 2 heterocycles. The second-order valence-electron chi connectivity index (χ2n) is 2.22. The molecule has 13 heavy (non-hydrogen) atoms. The van der Waals surface area contributed by atoms with Gasteiger partial charge in [0.2, 0.25) is 4.73 Å². The number of rotatable bonds is 1. The highest BCUT2D eigenvalue weighted by Gasteiger charge is 2.16. The average Bonchev–Trinajstić information content (AvgIpc) is 2.60. The summed E-state index contributed by atoms with van der Waals surface area (Å²) in [6.45, 7) is 0. The van der Waals surface area contributed by atoms with E-state index in [2.05, 4.69) is 52.3 Å². The van der Waals surface area contributed by atoms with Gasteiger partial charge in [-0.05, 0) is 37.0 Å². The van der Waals surface area contributed by atoms with E-state index in [1.54, 1.807) is 11.7 Å². The summed E-state index contributed by atoms with van der Waals surface area (Å²) >= 11 is 6.31. The Bertz CT molecular complexity index is 416. The Hall–Kier alpha value is -0.760. The van der Waals surface area contributed by atoms with Crippen molar-refractivity contribution in [2.24, 2.45) is 7.05 Å². The lowest BCUT2D eigenvalue weighted by Gasteiger charge is -1.91. The number of aromatic nitrogens is 5. The van der Waals surface area contributed by atoms with E-state index in [1.807, 2.05) is 0 Å². The van der Waals surface area contributed by atoms with Crippen molar-refractivity contribution in [3.63, 3.8) is 0 Å². The van der Waals surface area contributed by atoms with Crippen LogP contribution in [0.2, 0.25) is 0 Å².